The quantitative estimate of drug-likeness (QED) is 0.709. The van der Waals surface area contributed by atoms with Crippen LogP contribution >= 0.6 is 0 Å². The molecule has 8 atom stereocenters. The van der Waals surface area contributed by atoms with Crippen molar-refractivity contribution in [1.82, 2.24) is 0 Å². The van der Waals surface area contributed by atoms with Crippen LogP contribution in [-0.2, 0) is 0 Å². The van der Waals surface area contributed by atoms with Crippen LogP contribution in [0, 0.1) is 34.5 Å². The maximum atomic E-state index is 10.1. The predicted octanol–water partition coefficient (Wildman–Crippen LogP) is 4.27. The first-order valence-corrected chi connectivity index (χ1v) is 9.99. The monoisotopic (exact) mass is 317 g/mol. The Balaban J connectivity index is 1.65. The number of aliphatic hydroxyl groups excluding tert-OH is 1. The van der Waals surface area contributed by atoms with Gasteiger partial charge in [0.25, 0.3) is 0 Å². The zero-order valence-electron chi connectivity index (χ0n) is 15.2. The van der Waals surface area contributed by atoms with Gasteiger partial charge in [-0.1, -0.05) is 25.5 Å². The summed E-state index contributed by atoms with van der Waals surface area (Å²) in [5.74, 6) is 3.31. The molecule has 0 unspecified atom stereocenters. The molecule has 4 aliphatic carbocycles. The lowest BCUT2D eigenvalue weighted by Gasteiger charge is -2.58. The molecule has 0 saturated heterocycles. The van der Waals surface area contributed by atoms with Crippen molar-refractivity contribution in [2.45, 2.75) is 84.3 Å². The Kier molecular flexibility index (Phi) is 3.74. The largest absolute Gasteiger partial charge is 0.393 e. The van der Waals surface area contributed by atoms with Gasteiger partial charge in [0.1, 0.15) is 0 Å². The SMILES string of the molecule is C[C@@H](N)[C@H]1CC[C@H]2[C@H]3CC=C4C[C@@H](O)CC[C@]4(C)[C@@H]3CC[C@]12C. The van der Waals surface area contributed by atoms with Crippen LogP contribution in [-0.4, -0.2) is 17.3 Å². The van der Waals surface area contributed by atoms with Gasteiger partial charge in [-0.15, -0.1) is 0 Å². The predicted molar refractivity (Wildman–Crippen MR) is 94.8 cm³/mol. The molecule has 4 aliphatic rings. The second-order valence-corrected chi connectivity index (χ2v) is 9.74. The second kappa shape index (κ2) is 5.33. The second-order valence-electron chi connectivity index (χ2n) is 9.74. The molecule has 2 nitrogen and oxygen atoms in total. The van der Waals surface area contributed by atoms with Crippen LogP contribution in [0.5, 0.6) is 0 Å². The summed E-state index contributed by atoms with van der Waals surface area (Å²) in [5.41, 5.74) is 8.80. The average molecular weight is 318 g/mol. The zero-order valence-corrected chi connectivity index (χ0v) is 15.2. The number of hydrogen-bond donors (Lipinski definition) is 2. The summed E-state index contributed by atoms with van der Waals surface area (Å²) < 4.78 is 0. The van der Waals surface area contributed by atoms with Crippen molar-refractivity contribution in [3.63, 3.8) is 0 Å². The molecule has 0 amide bonds. The topological polar surface area (TPSA) is 46.2 Å². The summed E-state index contributed by atoms with van der Waals surface area (Å²) in [6.07, 6.45) is 12.3. The van der Waals surface area contributed by atoms with Crippen LogP contribution in [0.25, 0.3) is 0 Å². The first kappa shape index (κ1) is 16.1. The molecule has 0 bridgehead atoms. The number of allylic oxidation sites excluding steroid dienone is 1. The third-order valence-electron chi connectivity index (χ3n) is 8.79. The molecule has 0 aromatic carbocycles. The van der Waals surface area contributed by atoms with Crippen molar-refractivity contribution in [2.75, 3.05) is 0 Å². The molecule has 3 N–H and O–H groups in total. The first-order chi connectivity index (χ1) is 10.9. The third-order valence-corrected chi connectivity index (χ3v) is 8.79. The lowest BCUT2D eigenvalue weighted by Crippen LogP contribution is -2.51. The summed E-state index contributed by atoms with van der Waals surface area (Å²) >= 11 is 0. The van der Waals surface area contributed by atoms with Crippen LogP contribution in [0.4, 0.5) is 0 Å². The molecule has 0 aliphatic heterocycles. The Morgan fingerprint density at radius 3 is 2.65 bits per heavy atom. The number of aliphatic hydroxyl groups is 1. The summed E-state index contributed by atoms with van der Waals surface area (Å²) in [6, 6.07) is 0.344. The zero-order chi connectivity index (χ0) is 16.4. The van der Waals surface area contributed by atoms with E-state index in [0.717, 1.165) is 36.5 Å². The Bertz CT molecular complexity index is 512. The van der Waals surface area contributed by atoms with Crippen LogP contribution in [0.2, 0.25) is 0 Å². The minimum absolute atomic E-state index is 0.0892. The fourth-order valence-corrected chi connectivity index (χ4v) is 7.55. The minimum atomic E-state index is -0.0892. The van der Waals surface area contributed by atoms with E-state index in [4.69, 9.17) is 5.73 Å². The van der Waals surface area contributed by atoms with E-state index in [1.165, 1.54) is 38.5 Å². The van der Waals surface area contributed by atoms with Crippen LogP contribution in [0.3, 0.4) is 0 Å². The number of hydrogen-bond acceptors (Lipinski definition) is 2. The van der Waals surface area contributed by atoms with E-state index in [2.05, 4.69) is 26.8 Å². The van der Waals surface area contributed by atoms with Gasteiger partial charge < -0.3 is 10.8 Å². The maximum Gasteiger partial charge on any atom is 0.0577 e. The number of fused-ring (bicyclic) bond motifs is 5. The first-order valence-electron chi connectivity index (χ1n) is 9.99. The van der Waals surface area contributed by atoms with E-state index >= 15 is 0 Å². The highest BCUT2D eigenvalue weighted by molar-refractivity contribution is 5.25. The van der Waals surface area contributed by atoms with Gasteiger partial charge in [0, 0.05) is 6.04 Å². The van der Waals surface area contributed by atoms with Gasteiger partial charge in [0.15, 0.2) is 0 Å². The molecule has 4 rings (SSSR count). The van der Waals surface area contributed by atoms with Crippen molar-refractivity contribution < 1.29 is 5.11 Å². The molecular formula is C21H35NO. The van der Waals surface area contributed by atoms with Crippen molar-refractivity contribution >= 4 is 0 Å². The lowest BCUT2D eigenvalue weighted by molar-refractivity contribution is -0.0520. The van der Waals surface area contributed by atoms with Crippen LogP contribution < -0.4 is 5.73 Å². The van der Waals surface area contributed by atoms with E-state index in [9.17, 15) is 5.11 Å². The lowest BCUT2D eigenvalue weighted by atomic mass is 9.47. The van der Waals surface area contributed by atoms with Crippen LogP contribution in [0.1, 0.15) is 72.1 Å². The normalized spacial score (nSPS) is 53.8. The van der Waals surface area contributed by atoms with E-state index in [1.807, 2.05) is 0 Å². The molecule has 3 saturated carbocycles. The Hall–Kier alpha value is -0.340. The smallest absolute Gasteiger partial charge is 0.0577 e. The van der Waals surface area contributed by atoms with Crippen molar-refractivity contribution in [3.8, 4) is 0 Å². The summed E-state index contributed by atoms with van der Waals surface area (Å²) in [6.45, 7) is 7.30. The van der Waals surface area contributed by atoms with E-state index < -0.39 is 0 Å². The van der Waals surface area contributed by atoms with E-state index in [-0.39, 0.29) is 6.10 Å². The number of nitrogens with two attached hydrogens (primary N) is 1. The highest BCUT2D eigenvalue weighted by atomic mass is 16.3. The fraction of sp³-hybridized carbons (Fsp3) is 0.905. The summed E-state index contributed by atoms with van der Waals surface area (Å²) in [5, 5.41) is 10.1. The van der Waals surface area contributed by atoms with Gasteiger partial charge in [-0.25, -0.2) is 0 Å². The van der Waals surface area contributed by atoms with Gasteiger partial charge in [0.2, 0.25) is 0 Å². The maximum absolute atomic E-state index is 10.1. The molecule has 23 heavy (non-hydrogen) atoms. The van der Waals surface area contributed by atoms with Crippen molar-refractivity contribution in [2.24, 2.45) is 40.2 Å². The molecular weight excluding hydrogens is 282 g/mol. The molecule has 0 spiro atoms. The standard InChI is InChI=1S/C21H35NO/c1-13(22)17-6-7-18-16-5-4-14-12-15(23)8-10-20(14,2)19(16)9-11-21(17,18)3/h4,13,15-19,23H,5-12,22H2,1-3H3/t13-,15+,16-,17-,18+,19-,20+,21-/m1/s1. The molecule has 130 valence electrons. The average Bonchev–Trinajstić information content (AvgIpc) is 2.85. The molecule has 0 radical (unpaired) electrons. The fourth-order valence-electron chi connectivity index (χ4n) is 7.55. The minimum Gasteiger partial charge on any atom is -0.393 e. The summed E-state index contributed by atoms with van der Waals surface area (Å²) in [7, 11) is 0. The third kappa shape index (κ3) is 2.20. The number of rotatable bonds is 1. The molecule has 2 heteroatoms. The summed E-state index contributed by atoms with van der Waals surface area (Å²) in [4.78, 5) is 0. The van der Waals surface area contributed by atoms with Gasteiger partial charge in [-0.05, 0) is 92.8 Å². The Morgan fingerprint density at radius 2 is 1.91 bits per heavy atom. The Morgan fingerprint density at radius 1 is 1.13 bits per heavy atom. The van der Waals surface area contributed by atoms with Gasteiger partial charge in [-0.3, -0.25) is 0 Å². The highest BCUT2D eigenvalue weighted by Gasteiger charge is 2.58. The van der Waals surface area contributed by atoms with Crippen molar-refractivity contribution in [1.29, 1.82) is 0 Å². The highest BCUT2D eigenvalue weighted by Crippen LogP contribution is 2.66. The van der Waals surface area contributed by atoms with Crippen LogP contribution in [0.15, 0.2) is 11.6 Å². The van der Waals surface area contributed by atoms with Gasteiger partial charge >= 0.3 is 0 Å². The van der Waals surface area contributed by atoms with Gasteiger partial charge in [0.05, 0.1) is 6.10 Å². The molecule has 0 aromatic heterocycles. The van der Waals surface area contributed by atoms with E-state index in [1.54, 1.807) is 5.57 Å². The van der Waals surface area contributed by atoms with E-state index in [0.29, 0.717) is 16.9 Å². The Labute approximate surface area is 141 Å². The van der Waals surface area contributed by atoms with Gasteiger partial charge in [-0.2, -0.15) is 0 Å². The molecule has 0 aromatic rings. The van der Waals surface area contributed by atoms with Crippen molar-refractivity contribution in [3.05, 3.63) is 11.6 Å². The molecule has 0 heterocycles. The molecule has 3 fully saturated rings.